The van der Waals surface area contributed by atoms with E-state index in [1.54, 1.807) is 7.11 Å². The molecule has 0 aromatic heterocycles. The van der Waals surface area contributed by atoms with Crippen LogP contribution in [-0.2, 0) is 14.3 Å². The minimum absolute atomic E-state index is 0.126. The fourth-order valence-corrected chi connectivity index (χ4v) is 2.61. The molecule has 2 N–H and O–H groups in total. The summed E-state index contributed by atoms with van der Waals surface area (Å²) in [6.45, 7) is 2.09. The molecule has 2 aliphatic heterocycles. The smallest absolute Gasteiger partial charge is 0.416 e. The number of piperidine rings is 1. The summed E-state index contributed by atoms with van der Waals surface area (Å²) in [5.74, 6) is -0.211. The number of amides is 2. The number of methoxy groups -OCH3 is 1. The second-order valence-corrected chi connectivity index (χ2v) is 4.90. The lowest BCUT2D eigenvalue weighted by atomic mass is 9.99. The quantitative estimate of drug-likeness (QED) is 0.735. The van der Waals surface area contributed by atoms with Crippen LogP contribution in [0, 0.1) is 0 Å². The number of hydrogen-bond acceptors (Lipinski definition) is 6. The molecule has 2 fully saturated rings. The zero-order valence-corrected chi connectivity index (χ0v) is 11.2. The largest absolute Gasteiger partial charge is 0.447 e. The summed E-state index contributed by atoms with van der Waals surface area (Å²) in [7, 11) is 1.69. The van der Waals surface area contributed by atoms with Gasteiger partial charge in [-0.25, -0.2) is 9.69 Å². The Bertz CT molecular complexity index is 350. The predicted molar refractivity (Wildman–Crippen MR) is 67.5 cm³/mol. The molecule has 7 heteroatoms. The second kappa shape index (κ2) is 6.31. The summed E-state index contributed by atoms with van der Waals surface area (Å²) in [5, 5.41) is 0. The maximum absolute atomic E-state index is 12.0. The van der Waals surface area contributed by atoms with Gasteiger partial charge in [-0.1, -0.05) is 0 Å². The zero-order valence-electron chi connectivity index (χ0n) is 11.2. The Morgan fingerprint density at radius 1 is 1.53 bits per heavy atom. The lowest BCUT2D eigenvalue weighted by Crippen LogP contribution is -2.52. The highest BCUT2D eigenvalue weighted by Crippen LogP contribution is 2.19. The summed E-state index contributed by atoms with van der Waals surface area (Å²) >= 11 is 0. The molecule has 7 nitrogen and oxygen atoms in total. The van der Waals surface area contributed by atoms with Crippen LogP contribution in [0.3, 0.4) is 0 Å². The van der Waals surface area contributed by atoms with Gasteiger partial charge in [-0.2, -0.15) is 0 Å². The van der Waals surface area contributed by atoms with Gasteiger partial charge in [0.1, 0.15) is 6.61 Å². The monoisotopic (exact) mass is 271 g/mol. The van der Waals surface area contributed by atoms with Crippen LogP contribution >= 0.6 is 0 Å². The molecule has 0 saturated carbocycles. The first kappa shape index (κ1) is 14.2. The van der Waals surface area contributed by atoms with Crippen LogP contribution in [0.1, 0.15) is 12.8 Å². The van der Waals surface area contributed by atoms with E-state index in [9.17, 15) is 9.59 Å². The summed E-state index contributed by atoms with van der Waals surface area (Å²) in [6.07, 6.45) is 1.37. The van der Waals surface area contributed by atoms with Crippen LogP contribution in [0.15, 0.2) is 0 Å². The number of rotatable bonds is 4. The molecule has 0 spiro atoms. The number of imide groups is 1. The number of carbonyl (C=O) groups excluding carboxylic acids is 2. The topological polar surface area (TPSA) is 85.1 Å². The third-order valence-electron chi connectivity index (χ3n) is 3.80. The zero-order chi connectivity index (χ0) is 13.8. The van der Waals surface area contributed by atoms with Crippen molar-refractivity contribution in [3.05, 3.63) is 0 Å². The SMILES string of the molecule is COC1CCN(CC(=O)N2CCOC2=O)C(CN)C1. The number of carbonyl (C=O) groups is 2. The molecule has 0 aliphatic carbocycles. The Hall–Kier alpha value is -1.18. The lowest BCUT2D eigenvalue weighted by molar-refractivity contribution is -0.130. The molecule has 2 heterocycles. The van der Waals surface area contributed by atoms with Gasteiger partial charge in [0.2, 0.25) is 5.91 Å². The molecule has 2 unspecified atom stereocenters. The molecule has 2 atom stereocenters. The van der Waals surface area contributed by atoms with Gasteiger partial charge < -0.3 is 15.2 Å². The maximum Gasteiger partial charge on any atom is 0.416 e. The Morgan fingerprint density at radius 3 is 2.89 bits per heavy atom. The number of nitrogens with zero attached hydrogens (tertiary/aromatic N) is 2. The Labute approximate surface area is 112 Å². The second-order valence-electron chi connectivity index (χ2n) is 4.90. The van der Waals surface area contributed by atoms with E-state index in [0.29, 0.717) is 13.1 Å². The minimum atomic E-state index is -0.541. The summed E-state index contributed by atoms with van der Waals surface area (Å²) < 4.78 is 10.1. The van der Waals surface area contributed by atoms with E-state index < -0.39 is 6.09 Å². The number of ether oxygens (including phenoxy) is 2. The van der Waals surface area contributed by atoms with Gasteiger partial charge in [-0.15, -0.1) is 0 Å². The van der Waals surface area contributed by atoms with E-state index in [1.807, 2.05) is 4.90 Å². The van der Waals surface area contributed by atoms with Crippen molar-refractivity contribution >= 4 is 12.0 Å². The molecule has 19 heavy (non-hydrogen) atoms. The maximum atomic E-state index is 12.0. The third-order valence-corrected chi connectivity index (χ3v) is 3.80. The first-order chi connectivity index (χ1) is 9.15. The average molecular weight is 271 g/mol. The van der Waals surface area contributed by atoms with Crippen molar-refractivity contribution in [2.24, 2.45) is 5.73 Å². The first-order valence-corrected chi connectivity index (χ1v) is 6.59. The molecule has 2 rings (SSSR count). The first-order valence-electron chi connectivity index (χ1n) is 6.59. The standard InChI is InChI=1S/C12H21N3O4/c1-18-10-2-3-14(9(6-10)7-13)8-11(16)15-4-5-19-12(15)17/h9-10H,2-8,13H2,1H3. The van der Waals surface area contributed by atoms with Crippen LogP contribution in [-0.4, -0.2) is 73.8 Å². The fraction of sp³-hybridized carbons (Fsp3) is 0.833. The van der Waals surface area contributed by atoms with Crippen LogP contribution in [0.4, 0.5) is 4.79 Å². The predicted octanol–water partition coefficient (Wildman–Crippen LogP) is -0.597. The van der Waals surface area contributed by atoms with Gasteiger partial charge in [-0.3, -0.25) is 9.69 Å². The van der Waals surface area contributed by atoms with Gasteiger partial charge in [0, 0.05) is 26.2 Å². The molecule has 2 aliphatic rings. The Kier molecular flexibility index (Phi) is 4.73. The number of likely N-dealkylation sites (tertiary alicyclic amines) is 1. The summed E-state index contributed by atoms with van der Waals surface area (Å²) in [5.41, 5.74) is 5.75. The van der Waals surface area contributed by atoms with Gasteiger partial charge in [0.15, 0.2) is 0 Å². The van der Waals surface area contributed by atoms with E-state index in [-0.39, 0.29) is 31.2 Å². The van der Waals surface area contributed by atoms with Crippen LogP contribution in [0.2, 0.25) is 0 Å². The molecule has 2 saturated heterocycles. The van der Waals surface area contributed by atoms with E-state index in [2.05, 4.69) is 0 Å². The van der Waals surface area contributed by atoms with Crippen molar-refractivity contribution in [3.8, 4) is 0 Å². The molecular formula is C12H21N3O4. The van der Waals surface area contributed by atoms with Gasteiger partial charge in [-0.05, 0) is 12.8 Å². The molecular weight excluding hydrogens is 250 g/mol. The normalized spacial score (nSPS) is 28.5. The van der Waals surface area contributed by atoms with Crippen molar-refractivity contribution < 1.29 is 19.1 Å². The Balaban J connectivity index is 1.90. The summed E-state index contributed by atoms with van der Waals surface area (Å²) in [4.78, 5) is 26.6. The van der Waals surface area contributed by atoms with Gasteiger partial charge in [0.25, 0.3) is 0 Å². The fourth-order valence-electron chi connectivity index (χ4n) is 2.61. The van der Waals surface area contributed by atoms with Gasteiger partial charge >= 0.3 is 6.09 Å². The van der Waals surface area contributed by atoms with Crippen molar-refractivity contribution in [1.29, 1.82) is 0 Å². The summed E-state index contributed by atoms with van der Waals surface area (Å²) in [6, 6.07) is 0.126. The molecule has 2 amide bonds. The van der Waals surface area contributed by atoms with Gasteiger partial charge in [0.05, 0.1) is 19.2 Å². The van der Waals surface area contributed by atoms with E-state index in [0.717, 1.165) is 24.3 Å². The van der Waals surface area contributed by atoms with Crippen molar-refractivity contribution in [2.45, 2.75) is 25.0 Å². The minimum Gasteiger partial charge on any atom is -0.447 e. The average Bonchev–Trinajstić information content (AvgIpc) is 2.85. The lowest BCUT2D eigenvalue weighted by Gasteiger charge is -2.38. The van der Waals surface area contributed by atoms with E-state index in [1.165, 1.54) is 0 Å². The molecule has 0 bridgehead atoms. The highest BCUT2D eigenvalue weighted by molar-refractivity contribution is 5.94. The molecule has 0 radical (unpaired) electrons. The van der Waals surface area contributed by atoms with Crippen LogP contribution in [0.25, 0.3) is 0 Å². The van der Waals surface area contributed by atoms with Crippen LogP contribution < -0.4 is 5.73 Å². The van der Waals surface area contributed by atoms with Crippen molar-refractivity contribution in [2.75, 3.05) is 39.9 Å². The number of nitrogens with two attached hydrogens (primary N) is 1. The Morgan fingerprint density at radius 2 is 2.32 bits per heavy atom. The van der Waals surface area contributed by atoms with E-state index >= 15 is 0 Å². The molecule has 0 aromatic carbocycles. The number of cyclic esters (lactones) is 1. The highest BCUT2D eigenvalue weighted by Gasteiger charge is 2.33. The van der Waals surface area contributed by atoms with Crippen molar-refractivity contribution in [1.82, 2.24) is 9.80 Å². The van der Waals surface area contributed by atoms with E-state index in [4.69, 9.17) is 15.2 Å². The van der Waals surface area contributed by atoms with Crippen LogP contribution in [0.5, 0.6) is 0 Å². The van der Waals surface area contributed by atoms with Crippen molar-refractivity contribution in [3.63, 3.8) is 0 Å². The number of hydrogen-bond donors (Lipinski definition) is 1. The molecule has 108 valence electrons. The third kappa shape index (κ3) is 3.23. The molecule has 0 aromatic rings. The highest BCUT2D eigenvalue weighted by atomic mass is 16.6.